The molecular weight excluding hydrogens is 300 g/mol. The van der Waals surface area contributed by atoms with Crippen molar-refractivity contribution in [2.24, 2.45) is 0 Å². The Bertz CT molecular complexity index is 826. The maximum absolute atomic E-state index is 2.36. The van der Waals surface area contributed by atoms with E-state index < -0.39 is 0 Å². The lowest BCUT2D eigenvalue weighted by Gasteiger charge is -2.06. The second kappa shape index (κ2) is 9.42. The molecule has 25 heavy (non-hydrogen) atoms. The minimum absolute atomic E-state index is 1.19. The molecule has 0 aliphatic carbocycles. The van der Waals surface area contributed by atoms with Crippen LogP contribution in [0.4, 0.5) is 0 Å². The Morgan fingerprint density at radius 3 is 2.28 bits per heavy atom. The molecule has 3 rings (SSSR count). The monoisotopic (exact) mass is 330 g/mol. The van der Waals surface area contributed by atoms with Gasteiger partial charge in [0.15, 0.2) is 0 Å². The van der Waals surface area contributed by atoms with Crippen molar-refractivity contribution < 1.29 is 0 Å². The van der Waals surface area contributed by atoms with Crippen molar-refractivity contribution in [2.75, 3.05) is 0 Å². The van der Waals surface area contributed by atoms with Gasteiger partial charge in [-0.05, 0) is 39.9 Å². The molecule has 0 heteroatoms. The minimum Gasteiger partial charge on any atom is -0.0839 e. The van der Waals surface area contributed by atoms with E-state index >= 15 is 0 Å². The topological polar surface area (TPSA) is 0 Å². The minimum atomic E-state index is 1.19. The van der Waals surface area contributed by atoms with E-state index in [0.717, 1.165) is 0 Å². The van der Waals surface area contributed by atoms with Gasteiger partial charge in [-0.15, -0.1) is 0 Å². The first-order chi connectivity index (χ1) is 12.4. The van der Waals surface area contributed by atoms with Crippen LogP contribution in [-0.2, 0) is 0 Å². The van der Waals surface area contributed by atoms with Crippen molar-refractivity contribution in [3.63, 3.8) is 0 Å². The van der Waals surface area contributed by atoms with Crippen molar-refractivity contribution in [3.05, 3.63) is 66.2 Å². The lowest BCUT2D eigenvalue weighted by atomic mass is 9.98. The standard InChI is InChI=1S/C25H30/c1-2-3-4-5-6-7-8-9-10-14-21-16-13-18-25-23-17-12-11-15-22(23)19-20-24(21)25/h10-20H,2-9H2,1H3. The molecule has 0 unspecified atom stereocenters. The average molecular weight is 331 g/mol. The maximum atomic E-state index is 2.36. The summed E-state index contributed by atoms with van der Waals surface area (Å²) in [5.41, 5.74) is 1.34. The first kappa shape index (κ1) is 17.7. The van der Waals surface area contributed by atoms with Crippen LogP contribution >= 0.6 is 0 Å². The smallest absolute Gasteiger partial charge is 0.00994 e. The Kier molecular flexibility index (Phi) is 6.68. The molecule has 0 heterocycles. The van der Waals surface area contributed by atoms with Crippen molar-refractivity contribution in [3.8, 4) is 0 Å². The quantitative estimate of drug-likeness (QED) is 0.274. The summed E-state index contributed by atoms with van der Waals surface area (Å²) >= 11 is 0. The summed E-state index contributed by atoms with van der Waals surface area (Å²) in [4.78, 5) is 0. The van der Waals surface area contributed by atoms with Crippen LogP contribution in [0.5, 0.6) is 0 Å². The fraction of sp³-hybridized carbons (Fsp3) is 0.360. The van der Waals surface area contributed by atoms with E-state index in [1.807, 2.05) is 0 Å². The Hall–Kier alpha value is -2.08. The summed E-state index contributed by atoms with van der Waals surface area (Å²) in [6.07, 6.45) is 15.5. The average Bonchev–Trinajstić information content (AvgIpc) is 2.66. The normalized spacial score (nSPS) is 11.7. The first-order valence-corrected chi connectivity index (χ1v) is 9.97. The third-order valence-corrected chi connectivity index (χ3v) is 5.09. The maximum Gasteiger partial charge on any atom is -0.00994 e. The second-order valence-electron chi connectivity index (χ2n) is 7.04. The molecule has 0 saturated carbocycles. The Balaban J connectivity index is 1.61. The number of unbranched alkanes of at least 4 members (excludes halogenated alkanes) is 7. The molecule has 0 nitrogen and oxygen atoms in total. The number of benzene rings is 3. The van der Waals surface area contributed by atoms with Crippen LogP contribution < -0.4 is 0 Å². The molecule has 0 atom stereocenters. The van der Waals surface area contributed by atoms with E-state index in [-0.39, 0.29) is 0 Å². The van der Waals surface area contributed by atoms with Crippen molar-refractivity contribution in [2.45, 2.75) is 58.3 Å². The van der Waals surface area contributed by atoms with Crippen molar-refractivity contribution in [1.82, 2.24) is 0 Å². The molecule has 0 amide bonds. The highest BCUT2D eigenvalue weighted by molar-refractivity contribution is 6.09. The van der Waals surface area contributed by atoms with Gasteiger partial charge in [-0.25, -0.2) is 0 Å². The van der Waals surface area contributed by atoms with Crippen LogP contribution in [0, 0.1) is 0 Å². The molecule has 0 aromatic heterocycles. The van der Waals surface area contributed by atoms with E-state index in [4.69, 9.17) is 0 Å². The Morgan fingerprint density at radius 2 is 1.40 bits per heavy atom. The molecule has 0 fully saturated rings. The summed E-state index contributed by atoms with van der Waals surface area (Å²) in [7, 11) is 0. The SMILES string of the molecule is CCCCCCCCCC=Cc1cccc2c1ccc1ccccc12. The molecule has 0 aliphatic heterocycles. The van der Waals surface area contributed by atoms with Crippen LogP contribution in [0.25, 0.3) is 27.6 Å². The van der Waals surface area contributed by atoms with Gasteiger partial charge in [0, 0.05) is 0 Å². The molecule has 0 bridgehead atoms. The molecule has 130 valence electrons. The number of hydrogen-bond donors (Lipinski definition) is 0. The number of rotatable bonds is 9. The van der Waals surface area contributed by atoms with Crippen LogP contribution in [0.1, 0.15) is 63.9 Å². The van der Waals surface area contributed by atoms with E-state index in [2.05, 4.69) is 73.7 Å². The fourth-order valence-electron chi connectivity index (χ4n) is 3.64. The van der Waals surface area contributed by atoms with E-state index in [9.17, 15) is 0 Å². The zero-order chi connectivity index (χ0) is 17.3. The van der Waals surface area contributed by atoms with Crippen LogP contribution in [-0.4, -0.2) is 0 Å². The van der Waals surface area contributed by atoms with Gasteiger partial charge in [0.2, 0.25) is 0 Å². The van der Waals surface area contributed by atoms with Gasteiger partial charge >= 0.3 is 0 Å². The summed E-state index contributed by atoms with van der Waals surface area (Å²) < 4.78 is 0. The Labute approximate surface area is 152 Å². The third-order valence-electron chi connectivity index (χ3n) is 5.09. The molecule has 0 aliphatic rings. The first-order valence-electron chi connectivity index (χ1n) is 9.97. The highest BCUT2D eigenvalue weighted by Crippen LogP contribution is 2.28. The van der Waals surface area contributed by atoms with Gasteiger partial charge in [0.1, 0.15) is 0 Å². The molecule has 0 radical (unpaired) electrons. The number of allylic oxidation sites excluding steroid dienone is 1. The predicted octanol–water partition coefficient (Wildman–Crippen LogP) is 8.15. The lowest BCUT2D eigenvalue weighted by Crippen LogP contribution is -1.81. The molecular formula is C25H30. The number of fused-ring (bicyclic) bond motifs is 3. The molecule has 3 aromatic rings. The van der Waals surface area contributed by atoms with Crippen LogP contribution in [0.2, 0.25) is 0 Å². The summed E-state index contributed by atoms with van der Waals surface area (Å²) in [6, 6.07) is 19.8. The highest BCUT2D eigenvalue weighted by atomic mass is 14.1. The van der Waals surface area contributed by atoms with Crippen molar-refractivity contribution >= 4 is 27.6 Å². The predicted molar refractivity (Wildman–Crippen MR) is 113 cm³/mol. The molecule has 0 saturated heterocycles. The lowest BCUT2D eigenvalue weighted by molar-refractivity contribution is 0.592. The van der Waals surface area contributed by atoms with Gasteiger partial charge in [-0.1, -0.05) is 112 Å². The van der Waals surface area contributed by atoms with Crippen LogP contribution in [0.15, 0.2) is 60.7 Å². The summed E-state index contributed by atoms with van der Waals surface area (Å²) in [5, 5.41) is 5.38. The number of hydrogen-bond acceptors (Lipinski definition) is 0. The van der Waals surface area contributed by atoms with Gasteiger partial charge in [-0.3, -0.25) is 0 Å². The summed E-state index contributed by atoms with van der Waals surface area (Å²) in [6.45, 7) is 2.28. The fourth-order valence-corrected chi connectivity index (χ4v) is 3.64. The highest BCUT2D eigenvalue weighted by Gasteiger charge is 2.02. The van der Waals surface area contributed by atoms with Gasteiger partial charge in [0.05, 0.1) is 0 Å². The van der Waals surface area contributed by atoms with E-state index in [1.165, 1.54) is 78.5 Å². The van der Waals surface area contributed by atoms with Gasteiger partial charge in [-0.2, -0.15) is 0 Å². The van der Waals surface area contributed by atoms with E-state index in [0.29, 0.717) is 0 Å². The third kappa shape index (κ3) is 4.72. The van der Waals surface area contributed by atoms with E-state index in [1.54, 1.807) is 0 Å². The largest absolute Gasteiger partial charge is 0.0839 e. The molecule has 0 spiro atoms. The zero-order valence-electron chi connectivity index (χ0n) is 15.5. The van der Waals surface area contributed by atoms with Gasteiger partial charge < -0.3 is 0 Å². The molecule has 0 N–H and O–H groups in total. The second-order valence-corrected chi connectivity index (χ2v) is 7.04. The Morgan fingerprint density at radius 1 is 0.640 bits per heavy atom. The molecule has 3 aromatic carbocycles. The summed E-state index contributed by atoms with van der Waals surface area (Å²) in [5.74, 6) is 0. The van der Waals surface area contributed by atoms with Crippen molar-refractivity contribution in [1.29, 1.82) is 0 Å². The van der Waals surface area contributed by atoms with Crippen LogP contribution in [0.3, 0.4) is 0 Å². The van der Waals surface area contributed by atoms with Gasteiger partial charge in [0.25, 0.3) is 0 Å². The zero-order valence-corrected chi connectivity index (χ0v) is 15.5.